The Morgan fingerprint density at radius 2 is 1.95 bits per heavy atom. The van der Waals surface area contributed by atoms with Crippen molar-refractivity contribution >= 4 is 49.6 Å². The van der Waals surface area contributed by atoms with Gasteiger partial charge in [-0.25, -0.2) is 9.97 Å². The van der Waals surface area contributed by atoms with Crippen molar-refractivity contribution in [3.05, 3.63) is 40.4 Å². The normalized spacial score (nSPS) is 15.4. The molecule has 9 nitrogen and oxygen atoms in total. The lowest BCUT2D eigenvalue weighted by atomic mass is 10.0. The van der Waals surface area contributed by atoms with Gasteiger partial charge in [0.1, 0.15) is 16.6 Å². The van der Waals surface area contributed by atoms with Gasteiger partial charge in [-0.1, -0.05) is 59.4 Å². The molecule has 1 aromatic carbocycles. The Hall–Kier alpha value is -3.49. The third-order valence-corrected chi connectivity index (χ3v) is 8.74. The standard InChI is InChI=1S/C26H30N8OS2/c1-6-19-23(32(5)24-29-22(20(14-27)36-24)18-9-7-16(2)8-10-18)34-25(28-19)37-26(30-34)33-12-11-17(15-33)13-21(35)31(3)4/h7-10,17H,6,11-13,15H2,1-5H3. The molecule has 4 aromatic rings. The number of hydrogen-bond donors (Lipinski definition) is 0. The van der Waals surface area contributed by atoms with E-state index in [4.69, 9.17) is 15.1 Å². The van der Waals surface area contributed by atoms with Crippen LogP contribution in [-0.4, -0.2) is 64.6 Å². The zero-order chi connectivity index (χ0) is 26.3. The van der Waals surface area contributed by atoms with Crippen LogP contribution in [0.15, 0.2) is 24.3 Å². The van der Waals surface area contributed by atoms with E-state index >= 15 is 0 Å². The molecule has 0 bridgehead atoms. The summed E-state index contributed by atoms with van der Waals surface area (Å²) in [5, 5.41) is 16.4. The highest BCUT2D eigenvalue weighted by Crippen LogP contribution is 2.38. The Bertz CT molecular complexity index is 1480. The van der Waals surface area contributed by atoms with Crippen LogP contribution >= 0.6 is 22.7 Å². The lowest BCUT2D eigenvalue weighted by molar-refractivity contribution is -0.129. The molecule has 1 saturated heterocycles. The largest absolute Gasteiger partial charge is 0.349 e. The molecule has 37 heavy (non-hydrogen) atoms. The first-order valence-electron chi connectivity index (χ1n) is 12.3. The van der Waals surface area contributed by atoms with Crippen molar-refractivity contribution in [3.8, 4) is 17.3 Å². The smallest absolute Gasteiger partial charge is 0.222 e. The summed E-state index contributed by atoms with van der Waals surface area (Å²) < 4.78 is 1.90. The molecule has 0 aliphatic carbocycles. The van der Waals surface area contributed by atoms with Crippen molar-refractivity contribution in [1.29, 1.82) is 5.26 Å². The Balaban J connectivity index is 1.45. The molecular weight excluding hydrogens is 504 g/mol. The summed E-state index contributed by atoms with van der Waals surface area (Å²) in [6, 6.07) is 10.4. The van der Waals surface area contributed by atoms with Gasteiger partial charge in [0.05, 0.1) is 5.69 Å². The molecule has 11 heteroatoms. The molecule has 1 fully saturated rings. The number of thiazole rings is 1. The van der Waals surface area contributed by atoms with Crippen LogP contribution in [0, 0.1) is 24.2 Å². The van der Waals surface area contributed by atoms with E-state index in [0.717, 1.165) is 63.8 Å². The van der Waals surface area contributed by atoms with Crippen molar-refractivity contribution in [1.82, 2.24) is 24.5 Å². The number of amides is 1. The Labute approximate surface area is 224 Å². The van der Waals surface area contributed by atoms with E-state index in [1.165, 1.54) is 11.3 Å². The first-order chi connectivity index (χ1) is 17.8. The van der Waals surface area contributed by atoms with E-state index in [-0.39, 0.29) is 5.91 Å². The Morgan fingerprint density at radius 3 is 2.62 bits per heavy atom. The van der Waals surface area contributed by atoms with Gasteiger partial charge < -0.3 is 14.7 Å². The molecule has 1 amide bonds. The average Bonchev–Trinajstić information content (AvgIpc) is 3.66. The molecule has 1 atom stereocenters. The van der Waals surface area contributed by atoms with Crippen molar-refractivity contribution in [3.63, 3.8) is 0 Å². The van der Waals surface area contributed by atoms with Crippen molar-refractivity contribution < 1.29 is 4.79 Å². The number of nitriles is 1. The second-order valence-corrected chi connectivity index (χ2v) is 11.5. The first-order valence-corrected chi connectivity index (χ1v) is 14.0. The number of rotatable bonds is 7. The number of anilines is 3. The van der Waals surface area contributed by atoms with Crippen LogP contribution in [0.25, 0.3) is 16.2 Å². The second-order valence-electron chi connectivity index (χ2n) is 9.62. The number of carbonyl (C=O) groups excluding carboxylic acids is 1. The van der Waals surface area contributed by atoms with Crippen LogP contribution in [-0.2, 0) is 11.2 Å². The van der Waals surface area contributed by atoms with Gasteiger partial charge >= 0.3 is 0 Å². The number of aromatic nitrogens is 4. The number of benzene rings is 1. The fourth-order valence-corrected chi connectivity index (χ4v) is 6.40. The Kier molecular flexibility index (Phi) is 6.88. The maximum absolute atomic E-state index is 12.2. The molecule has 0 spiro atoms. The zero-order valence-electron chi connectivity index (χ0n) is 21.7. The van der Waals surface area contributed by atoms with E-state index in [0.29, 0.717) is 22.9 Å². The van der Waals surface area contributed by atoms with E-state index in [1.54, 1.807) is 30.3 Å². The van der Waals surface area contributed by atoms with Gasteiger partial charge in [0.25, 0.3) is 0 Å². The number of fused-ring (bicyclic) bond motifs is 1. The van der Waals surface area contributed by atoms with Crippen LogP contribution in [0.3, 0.4) is 0 Å². The SMILES string of the molecule is CCc1nc2sc(N3CCC(CC(=O)N(C)C)C3)nn2c1N(C)c1nc(-c2ccc(C)cc2)c(C#N)s1. The molecule has 0 N–H and O–H groups in total. The van der Waals surface area contributed by atoms with Gasteiger partial charge in [0.15, 0.2) is 10.9 Å². The summed E-state index contributed by atoms with van der Waals surface area (Å²) in [5.41, 5.74) is 3.73. The number of nitrogens with zero attached hydrogens (tertiary/aromatic N) is 8. The maximum Gasteiger partial charge on any atom is 0.222 e. The molecule has 1 aliphatic heterocycles. The van der Waals surface area contributed by atoms with Crippen LogP contribution in [0.5, 0.6) is 0 Å². The van der Waals surface area contributed by atoms with Crippen LogP contribution < -0.4 is 9.80 Å². The summed E-state index contributed by atoms with van der Waals surface area (Å²) in [6.07, 6.45) is 2.30. The summed E-state index contributed by atoms with van der Waals surface area (Å²) >= 11 is 2.95. The van der Waals surface area contributed by atoms with E-state index in [2.05, 4.69) is 17.9 Å². The number of imidazole rings is 1. The zero-order valence-corrected chi connectivity index (χ0v) is 23.4. The molecule has 1 unspecified atom stereocenters. The first kappa shape index (κ1) is 25.2. The molecule has 5 rings (SSSR count). The van der Waals surface area contributed by atoms with Crippen molar-refractivity contribution in [2.24, 2.45) is 5.92 Å². The van der Waals surface area contributed by atoms with Crippen LogP contribution in [0.1, 0.15) is 35.9 Å². The highest BCUT2D eigenvalue weighted by atomic mass is 32.1. The monoisotopic (exact) mass is 534 g/mol. The molecule has 0 saturated carbocycles. The van der Waals surface area contributed by atoms with Gasteiger partial charge in [-0.15, -0.1) is 5.10 Å². The van der Waals surface area contributed by atoms with Gasteiger partial charge in [-0.05, 0) is 25.7 Å². The fraction of sp³-hybridized carbons (Fsp3) is 0.423. The second kappa shape index (κ2) is 10.1. The third-order valence-electron chi connectivity index (χ3n) is 6.74. The minimum Gasteiger partial charge on any atom is -0.349 e. The lowest BCUT2D eigenvalue weighted by Gasteiger charge is -2.17. The third kappa shape index (κ3) is 4.79. The molecule has 3 aromatic heterocycles. The summed E-state index contributed by atoms with van der Waals surface area (Å²) in [6.45, 7) is 5.82. The van der Waals surface area contributed by atoms with Gasteiger partial charge in [0, 0.05) is 46.2 Å². The predicted molar refractivity (Wildman–Crippen MR) is 149 cm³/mol. The number of carbonyl (C=O) groups is 1. The molecule has 1 aliphatic rings. The van der Waals surface area contributed by atoms with Gasteiger partial charge in [-0.3, -0.25) is 4.79 Å². The molecule has 4 heterocycles. The van der Waals surface area contributed by atoms with Gasteiger partial charge in [-0.2, -0.15) is 9.78 Å². The highest BCUT2D eigenvalue weighted by Gasteiger charge is 2.29. The summed E-state index contributed by atoms with van der Waals surface area (Å²) in [5.74, 6) is 1.37. The van der Waals surface area contributed by atoms with Crippen molar-refractivity contribution in [2.45, 2.75) is 33.1 Å². The van der Waals surface area contributed by atoms with Crippen LogP contribution in [0.2, 0.25) is 0 Å². The molecular formula is C26H30N8OS2. The number of aryl methyl sites for hydroxylation is 2. The topological polar surface area (TPSA) is 93.7 Å². The molecule has 0 radical (unpaired) electrons. The van der Waals surface area contributed by atoms with E-state index in [9.17, 15) is 10.1 Å². The van der Waals surface area contributed by atoms with E-state index in [1.807, 2.05) is 47.7 Å². The Morgan fingerprint density at radius 1 is 1.19 bits per heavy atom. The highest BCUT2D eigenvalue weighted by molar-refractivity contribution is 7.20. The van der Waals surface area contributed by atoms with Crippen molar-refractivity contribution in [2.75, 3.05) is 44.0 Å². The fourth-order valence-electron chi connectivity index (χ4n) is 4.60. The molecule has 192 valence electrons. The minimum absolute atomic E-state index is 0.169. The average molecular weight is 535 g/mol. The summed E-state index contributed by atoms with van der Waals surface area (Å²) in [4.78, 5) is 29.2. The lowest BCUT2D eigenvalue weighted by Crippen LogP contribution is -2.26. The minimum atomic E-state index is 0.169. The van der Waals surface area contributed by atoms with Gasteiger partial charge in [0.2, 0.25) is 16.0 Å². The quantitative estimate of drug-likeness (QED) is 0.338. The summed E-state index contributed by atoms with van der Waals surface area (Å²) in [7, 11) is 5.57. The van der Waals surface area contributed by atoms with E-state index < -0.39 is 0 Å². The maximum atomic E-state index is 12.2. The van der Waals surface area contributed by atoms with Crippen LogP contribution in [0.4, 0.5) is 16.1 Å². The number of hydrogen-bond acceptors (Lipinski definition) is 9. The predicted octanol–water partition coefficient (Wildman–Crippen LogP) is 4.73.